The average molecular weight is 623 g/mol. The smallest absolute Gasteiger partial charge is 0.0159 e. The van der Waals surface area contributed by atoms with Gasteiger partial charge in [-0.2, -0.15) is 0 Å². The highest BCUT2D eigenvalue weighted by atomic mass is 14.4. The summed E-state index contributed by atoms with van der Waals surface area (Å²) in [5.74, 6) is 0. The van der Waals surface area contributed by atoms with Crippen molar-refractivity contribution in [3.05, 3.63) is 181 Å². The van der Waals surface area contributed by atoms with E-state index in [4.69, 9.17) is 0 Å². The summed E-state index contributed by atoms with van der Waals surface area (Å²) in [4.78, 5) is 0. The van der Waals surface area contributed by atoms with Crippen LogP contribution in [0.1, 0.15) is 25.0 Å². The largest absolute Gasteiger partial charge is 0.0616 e. The van der Waals surface area contributed by atoms with Crippen LogP contribution in [0.25, 0.3) is 87.6 Å². The summed E-state index contributed by atoms with van der Waals surface area (Å²) < 4.78 is 0. The third-order valence-corrected chi connectivity index (χ3v) is 11.1. The first-order valence-corrected chi connectivity index (χ1v) is 17.3. The predicted molar refractivity (Wildman–Crippen MR) is 210 cm³/mol. The Bertz CT molecular complexity index is 2740. The van der Waals surface area contributed by atoms with Gasteiger partial charge in [0.05, 0.1) is 0 Å². The van der Waals surface area contributed by atoms with Gasteiger partial charge in [0.25, 0.3) is 0 Å². The Morgan fingerprint density at radius 1 is 0.286 bits per heavy atom. The maximum Gasteiger partial charge on any atom is 0.0159 e. The van der Waals surface area contributed by atoms with Gasteiger partial charge in [0.2, 0.25) is 0 Å². The predicted octanol–water partition coefficient (Wildman–Crippen LogP) is 13.6. The van der Waals surface area contributed by atoms with Crippen LogP contribution >= 0.6 is 0 Å². The summed E-state index contributed by atoms with van der Waals surface area (Å²) in [6.07, 6.45) is 0. The van der Waals surface area contributed by atoms with Crippen molar-refractivity contribution in [3.8, 4) is 44.5 Å². The van der Waals surface area contributed by atoms with Gasteiger partial charge in [0.1, 0.15) is 0 Å². The Kier molecular flexibility index (Phi) is 6.02. The number of hydrogen-bond donors (Lipinski definition) is 0. The fraction of sp³-hybridized carbons (Fsp3) is 0.0612. The van der Waals surface area contributed by atoms with E-state index in [0.717, 1.165) is 0 Å². The van der Waals surface area contributed by atoms with Crippen LogP contribution in [0.4, 0.5) is 0 Å². The molecule has 0 N–H and O–H groups in total. The summed E-state index contributed by atoms with van der Waals surface area (Å²) in [5, 5.41) is 10.4. The second-order valence-corrected chi connectivity index (χ2v) is 14.1. The summed E-state index contributed by atoms with van der Waals surface area (Å²) in [6.45, 7) is 4.75. The lowest BCUT2D eigenvalue weighted by Gasteiger charge is -2.22. The molecule has 0 spiro atoms. The van der Waals surface area contributed by atoms with Gasteiger partial charge in [0.15, 0.2) is 0 Å². The van der Waals surface area contributed by atoms with Gasteiger partial charge in [0, 0.05) is 5.41 Å². The molecule has 0 heteroatoms. The van der Waals surface area contributed by atoms with Crippen LogP contribution in [0.15, 0.2) is 170 Å². The molecule has 10 rings (SSSR count). The SMILES string of the molecule is CC1(C)c2cc(-c3ccc(-c4ccc5c6ccccc6c6ccccc6c5c4)cc3)ccc2-c2ccc(-c3ccc4ccccc4c3)cc21. The van der Waals surface area contributed by atoms with Crippen LogP contribution in [0.3, 0.4) is 0 Å². The molecule has 0 atom stereocenters. The molecule has 0 fully saturated rings. The van der Waals surface area contributed by atoms with Gasteiger partial charge in [-0.15, -0.1) is 0 Å². The molecule has 0 bridgehead atoms. The zero-order valence-corrected chi connectivity index (χ0v) is 27.7. The van der Waals surface area contributed by atoms with Crippen molar-refractivity contribution in [2.75, 3.05) is 0 Å². The normalized spacial score (nSPS) is 13.3. The van der Waals surface area contributed by atoms with Crippen LogP contribution in [-0.2, 0) is 5.41 Å². The molecule has 0 saturated heterocycles. The van der Waals surface area contributed by atoms with Gasteiger partial charge < -0.3 is 0 Å². The summed E-state index contributed by atoms with van der Waals surface area (Å²) in [5.41, 5.74) is 12.9. The highest BCUT2D eigenvalue weighted by Gasteiger charge is 2.35. The molecule has 0 heterocycles. The Hall–Kier alpha value is -5.98. The van der Waals surface area contributed by atoms with Crippen molar-refractivity contribution < 1.29 is 0 Å². The van der Waals surface area contributed by atoms with Crippen molar-refractivity contribution in [1.82, 2.24) is 0 Å². The zero-order chi connectivity index (χ0) is 32.7. The Balaban J connectivity index is 0.996. The molecule has 49 heavy (non-hydrogen) atoms. The van der Waals surface area contributed by atoms with Gasteiger partial charge in [-0.05, 0) is 123 Å². The van der Waals surface area contributed by atoms with E-state index < -0.39 is 0 Å². The molecule has 1 aliphatic rings. The van der Waals surface area contributed by atoms with E-state index >= 15 is 0 Å². The molecule has 0 aliphatic heterocycles. The minimum absolute atomic E-state index is 0.0917. The first kappa shape index (κ1) is 28.1. The first-order valence-electron chi connectivity index (χ1n) is 17.3. The highest BCUT2D eigenvalue weighted by molar-refractivity contribution is 6.25. The van der Waals surface area contributed by atoms with Gasteiger partial charge in [-0.3, -0.25) is 0 Å². The topological polar surface area (TPSA) is 0 Å². The van der Waals surface area contributed by atoms with E-state index in [1.807, 2.05) is 0 Å². The molecule has 9 aromatic carbocycles. The first-order chi connectivity index (χ1) is 24.0. The van der Waals surface area contributed by atoms with Gasteiger partial charge in [-0.1, -0.05) is 159 Å². The van der Waals surface area contributed by atoms with Crippen LogP contribution < -0.4 is 0 Å². The van der Waals surface area contributed by atoms with Crippen LogP contribution in [0.5, 0.6) is 0 Å². The lowest BCUT2D eigenvalue weighted by molar-refractivity contribution is 0.661. The third kappa shape index (κ3) is 4.31. The lowest BCUT2D eigenvalue weighted by atomic mass is 9.80. The monoisotopic (exact) mass is 622 g/mol. The van der Waals surface area contributed by atoms with E-state index in [-0.39, 0.29) is 5.41 Å². The second-order valence-electron chi connectivity index (χ2n) is 14.1. The molecule has 0 aromatic heterocycles. The zero-order valence-electron chi connectivity index (χ0n) is 27.7. The second kappa shape index (κ2) is 10.5. The number of rotatable bonds is 3. The number of fused-ring (bicyclic) bond motifs is 10. The summed E-state index contributed by atoms with van der Waals surface area (Å²) in [7, 11) is 0. The van der Waals surface area contributed by atoms with Gasteiger partial charge >= 0.3 is 0 Å². The van der Waals surface area contributed by atoms with Crippen LogP contribution in [0, 0.1) is 0 Å². The van der Waals surface area contributed by atoms with E-state index in [0.29, 0.717) is 0 Å². The number of benzene rings is 9. The van der Waals surface area contributed by atoms with E-state index in [1.165, 1.54) is 98.7 Å². The minimum Gasteiger partial charge on any atom is -0.0616 e. The maximum atomic E-state index is 2.42. The average Bonchev–Trinajstić information content (AvgIpc) is 3.39. The molecule has 9 aromatic rings. The quantitative estimate of drug-likeness (QED) is 0.172. The fourth-order valence-corrected chi connectivity index (χ4v) is 8.41. The van der Waals surface area contributed by atoms with Gasteiger partial charge in [-0.25, -0.2) is 0 Å². The van der Waals surface area contributed by atoms with Crippen LogP contribution in [-0.4, -0.2) is 0 Å². The van der Waals surface area contributed by atoms with Crippen LogP contribution in [0.2, 0.25) is 0 Å². The van der Waals surface area contributed by atoms with Crippen molar-refractivity contribution in [1.29, 1.82) is 0 Å². The summed E-state index contributed by atoms with van der Waals surface area (Å²) >= 11 is 0. The molecular weight excluding hydrogens is 589 g/mol. The molecule has 1 aliphatic carbocycles. The van der Waals surface area contributed by atoms with Crippen molar-refractivity contribution in [2.24, 2.45) is 0 Å². The molecule has 230 valence electrons. The Morgan fingerprint density at radius 2 is 0.673 bits per heavy atom. The summed E-state index contributed by atoms with van der Waals surface area (Å²) in [6, 6.07) is 63.2. The van der Waals surface area contributed by atoms with E-state index in [9.17, 15) is 0 Å². The molecule has 0 unspecified atom stereocenters. The highest BCUT2D eigenvalue weighted by Crippen LogP contribution is 2.51. The third-order valence-electron chi connectivity index (χ3n) is 11.1. The van der Waals surface area contributed by atoms with E-state index in [2.05, 4.69) is 184 Å². The minimum atomic E-state index is -0.0917. The molecular formula is C49H34. The van der Waals surface area contributed by atoms with Crippen molar-refractivity contribution in [3.63, 3.8) is 0 Å². The molecule has 0 amide bonds. The Labute approximate surface area is 286 Å². The van der Waals surface area contributed by atoms with Crippen molar-refractivity contribution in [2.45, 2.75) is 19.3 Å². The Morgan fingerprint density at radius 3 is 1.27 bits per heavy atom. The molecule has 0 nitrogen and oxygen atoms in total. The van der Waals surface area contributed by atoms with E-state index in [1.54, 1.807) is 0 Å². The maximum absolute atomic E-state index is 2.42. The molecule has 0 radical (unpaired) electrons. The lowest BCUT2D eigenvalue weighted by Crippen LogP contribution is -2.15. The number of hydrogen-bond acceptors (Lipinski definition) is 0. The standard InChI is InChI=1S/C49H34/c1-49(2)47-29-37(22-25-44(47)45-26-23-38(30-48(45)49)35-20-19-31-9-3-4-10-34(31)27-35)33-17-15-32(16-18-33)36-21-24-43-41-13-6-5-11-39(41)40-12-7-8-14-42(40)46(43)28-36/h3-30H,1-2H3. The molecule has 0 saturated carbocycles. The fourth-order valence-electron chi connectivity index (χ4n) is 8.41. The van der Waals surface area contributed by atoms with Crippen molar-refractivity contribution >= 4 is 43.1 Å².